The third-order valence-corrected chi connectivity index (χ3v) is 4.31. The predicted octanol–water partition coefficient (Wildman–Crippen LogP) is 2.43. The van der Waals surface area contributed by atoms with Gasteiger partial charge in [-0.1, -0.05) is 20.8 Å². The number of aromatic nitrogens is 2. The Morgan fingerprint density at radius 1 is 1.41 bits per heavy atom. The van der Waals surface area contributed by atoms with Gasteiger partial charge in [-0.25, -0.2) is 0 Å². The molecule has 0 aliphatic carbocycles. The monoisotopic (exact) mass is 328 g/mol. The summed E-state index contributed by atoms with van der Waals surface area (Å²) in [5.41, 5.74) is 1.70. The largest absolute Gasteiger partial charge is 0.337 e. The first-order valence-corrected chi connectivity index (χ1v) is 8.06. The molecule has 1 fully saturated rings. The quantitative estimate of drug-likeness (QED) is 0.903. The number of carbonyl (C=O) groups excluding carboxylic acids is 1. The molecule has 0 radical (unpaired) electrons. The van der Waals surface area contributed by atoms with Crippen LogP contribution >= 0.6 is 12.4 Å². The molecule has 1 aliphatic heterocycles. The van der Waals surface area contributed by atoms with Crippen LogP contribution in [0.5, 0.6) is 0 Å². The van der Waals surface area contributed by atoms with Crippen molar-refractivity contribution >= 4 is 18.3 Å². The van der Waals surface area contributed by atoms with Gasteiger partial charge in [0.2, 0.25) is 0 Å². The van der Waals surface area contributed by atoms with Gasteiger partial charge in [0.05, 0.1) is 0 Å². The molecular formula is C16H29ClN4O. The van der Waals surface area contributed by atoms with Crippen molar-refractivity contribution in [3.05, 3.63) is 17.5 Å². The maximum atomic E-state index is 12.5. The molecule has 22 heavy (non-hydrogen) atoms. The number of nitrogens with one attached hydrogen (secondary N) is 1. The first kappa shape index (κ1) is 19.0. The highest BCUT2D eigenvalue weighted by Gasteiger charge is 2.25. The molecule has 1 aromatic rings. The topological polar surface area (TPSA) is 50.2 Å². The van der Waals surface area contributed by atoms with Crippen LogP contribution in [0.15, 0.2) is 6.07 Å². The van der Waals surface area contributed by atoms with Gasteiger partial charge in [-0.15, -0.1) is 12.4 Å². The average Bonchev–Trinajstić information content (AvgIpc) is 2.87. The van der Waals surface area contributed by atoms with Gasteiger partial charge < -0.3 is 10.2 Å². The molecule has 0 aromatic carbocycles. The summed E-state index contributed by atoms with van der Waals surface area (Å²) >= 11 is 0. The van der Waals surface area contributed by atoms with E-state index < -0.39 is 0 Å². The summed E-state index contributed by atoms with van der Waals surface area (Å²) in [6.45, 7) is 10.2. The van der Waals surface area contributed by atoms with Crippen molar-refractivity contribution in [1.29, 1.82) is 0 Å². The standard InChI is InChI=1S/C16H28N4O.ClH/c1-5-17-11-13-6-8-20(9-7-13)16(21)14-10-15(12(2)3)19(4)18-14;/h10,12-13,17H,5-9,11H2,1-4H3;1H. The number of amides is 1. The number of aryl methyl sites for hydroxylation is 1. The minimum atomic E-state index is 0. The number of likely N-dealkylation sites (tertiary alicyclic amines) is 1. The van der Waals surface area contributed by atoms with Gasteiger partial charge >= 0.3 is 0 Å². The minimum absolute atomic E-state index is 0. The van der Waals surface area contributed by atoms with Crippen LogP contribution in [0.2, 0.25) is 0 Å². The fourth-order valence-electron chi connectivity index (χ4n) is 2.98. The summed E-state index contributed by atoms with van der Waals surface area (Å²) in [6.07, 6.45) is 2.17. The first-order valence-electron chi connectivity index (χ1n) is 8.06. The lowest BCUT2D eigenvalue weighted by Crippen LogP contribution is -2.41. The van der Waals surface area contributed by atoms with Gasteiger partial charge in [0.1, 0.15) is 0 Å². The molecular weight excluding hydrogens is 300 g/mol. The summed E-state index contributed by atoms with van der Waals surface area (Å²) in [5, 5.41) is 7.79. The van der Waals surface area contributed by atoms with Gasteiger partial charge in [0.15, 0.2) is 5.69 Å². The van der Waals surface area contributed by atoms with Crippen LogP contribution in [-0.2, 0) is 7.05 Å². The third-order valence-electron chi connectivity index (χ3n) is 4.31. The van der Waals surface area contributed by atoms with Gasteiger partial charge in [-0.05, 0) is 43.8 Å². The van der Waals surface area contributed by atoms with Gasteiger partial charge in [0.25, 0.3) is 5.91 Å². The SMILES string of the molecule is CCNCC1CCN(C(=O)c2cc(C(C)C)n(C)n2)CC1.Cl. The Bertz CT molecular complexity index is 478. The van der Waals surface area contributed by atoms with E-state index in [-0.39, 0.29) is 18.3 Å². The van der Waals surface area contributed by atoms with Crippen molar-refractivity contribution < 1.29 is 4.79 Å². The summed E-state index contributed by atoms with van der Waals surface area (Å²) in [6, 6.07) is 1.94. The highest BCUT2D eigenvalue weighted by Crippen LogP contribution is 2.20. The lowest BCUT2D eigenvalue weighted by atomic mass is 9.96. The van der Waals surface area contributed by atoms with E-state index in [0.29, 0.717) is 17.5 Å². The molecule has 5 nitrogen and oxygen atoms in total. The maximum absolute atomic E-state index is 12.5. The second-order valence-electron chi connectivity index (χ2n) is 6.28. The Morgan fingerprint density at radius 2 is 2.05 bits per heavy atom. The molecule has 2 rings (SSSR count). The number of piperidine rings is 1. The predicted molar refractivity (Wildman–Crippen MR) is 91.7 cm³/mol. The van der Waals surface area contributed by atoms with Crippen molar-refractivity contribution in [2.45, 2.75) is 39.5 Å². The third kappa shape index (κ3) is 4.46. The van der Waals surface area contributed by atoms with Crippen molar-refractivity contribution in [2.75, 3.05) is 26.2 Å². The second kappa shape index (κ2) is 8.53. The lowest BCUT2D eigenvalue weighted by Gasteiger charge is -2.31. The van der Waals surface area contributed by atoms with Gasteiger partial charge in [-0.2, -0.15) is 5.10 Å². The van der Waals surface area contributed by atoms with Crippen LogP contribution in [-0.4, -0.2) is 46.8 Å². The van der Waals surface area contributed by atoms with Gasteiger partial charge in [-0.3, -0.25) is 9.48 Å². The molecule has 126 valence electrons. The lowest BCUT2D eigenvalue weighted by molar-refractivity contribution is 0.0683. The molecule has 0 spiro atoms. The van der Waals surface area contributed by atoms with Crippen molar-refractivity contribution in [2.24, 2.45) is 13.0 Å². The van der Waals surface area contributed by atoms with Crippen LogP contribution in [0.3, 0.4) is 0 Å². The molecule has 1 amide bonds. The zero-order chi connectivity index (χ0) is 15.4. The zero-order valence-corrected chi connectivity index (χ0v) is 14.9. The number of nitrogens with zero attached hydrogens (tertiary/aromatic N) is 3. The molecule has 1 aliphatic rings. The van der Waals surface area contributed by atoms with Crippen LogP contribution in [0, 0.1) is 5.92 Å². The smallest absolute Gasteiger partial charge is 0.274 e. The molecule has 0 atom stereocenters. The Hall–Kier alpha value is -1.07. The molecule has 6 heteroatoms. The van der Waals surface area contributed by atoms with Crippen LogP contribution in [0.4, 0.5) is 0 Å². The first-order chi connectivity index (χ1) is 10.0. The highest BCUT2D eigenvalue weighted by molar-refractivity contribution is 5.92. The number of hydrogen-bond donors (Lipinski definition) is 1. The summed E-state index contributed by atoms with van der Waals surface area (Å²) in [7, 11) is 1.91. The molecule has 1 N–H and O–H groups in total. The van der Waals surface area contributed by atoms with E-state index in [0.717, 1.165) is 44.7 Å². The number of rotatable bonds is 5. The van der Waals surface area contributed by atoms with E-state index >= 15 is 0 Å². The Labute approximate surface area is 139 Å². The van der Waals surface area contributed by atoms with Crippen LogP contribution < -0.4 is 5.32 Å². The molecule has 0 unspecified atom stereocenters. The average molecular weight is 329 g/mol. The zero-order valence-electron chi connectivity index (χ0n) is 14.1. The second-order valence-corrected chi connectivity index (χ2v) is 6.28. The van der Waals surface area contributed by atoms with E-state index in [1.165, 1.54) is 0 Å². The van der Waals surface area contributed by atoms with E-state index in [1.807, 2.05) is 22.7 Å². The number of hydrogen-bond acceptors (Lipinski definition) is 3. The van der Waals surface area contributed by atoms with Gasteiger partial charge in [0, 0.05) is 25.8 Å². The van der Waals surface area contributed by atoms with Crippen LogP contribution in [0.25, 0.3) is 0 Å². The molecule has 2 heterocycles. The Balaban J connectivity index is 0.00000242. The minimum Gasteiger partial charge on any atom is -0.337 e. The molecule has 0 bridgehead atoms. The fourth-order valence-corrected chi connectivity index (χ4v) is 2.98. The number of carbonyl (C=O) groups is 1. The summed E-state index contributed by atoms with van der Waals surface area (Å²) < 4.78 is 1.83. The molecule has 1 aromatic heterocycles. The highest BCUT2D eigenvalue weighted by atomic mass is 35.5. The summed E-state index contributed by atoms with van der Waals surface area (Å²) in [4.78, 5) is 14.5. The van der Waals surface area contributed by atoms with E-state index in [4.69, 9.17) is 0 Å². The van der Waals surface area contributed by atoms with Crippen molar-refractivity contribution in [3.8, 4) is 0 Å². The van der Waals surface area contributed by atoms with E-state index in [9.17, 15) is 4.79 Å². The molecule has 1 saturated heterocycles. The van der Waals surface area contributed by atoms with Crippen LogP contribution in [0.1, 0.15) is 55.7 Å². The normalized spacial score (nSPS) is 16.0. The van der Waals surface area contributed by atoms with E-state index in [2.05, 4.69) is 31.2 Å². The van der Waals surface area contributed by atoms with Crippen molar-refractivity contribution in [3.63, 3.8) is 0 Å². The van der Waals surface area contributed by atoms with Crippen molar-refractivity contribution in [1.82, 2.24) is 20.0 Å². The summed E-state index contributed by atoms with van der Waals surface area (Å²) in [5.74, 6) is 1.17. The maximum Gasteiger partial charge on any atom is 0.274 e. The Kier molecular flexibility index (Phi) is 7.36. The van der Waals surface area contributed by atoms with E-state index in [1.54, 1.807) is 0 Å². The fraction of sp³-hybridized carbons (Fsp3) is 0.750. The molecule has 0 saturated carbocycles. The Morgan fingerprint density at radius 3 is 2.55 bits per heavy atom. The number of halogens is 1.